The van der Waals surface area contributed by atoms with Crippen molar-refractivity contribution < 1.29 is 0 Å². The van der Waals surface area contributed by atoms with Crippen LogP contribution in [0.4, 0.5) is 0 Å². The van der Waals surface area contributed by atoms with Gasteiger partial charge in [-0.25, -0.2) is 0 Å². The molecule has 1 aliphatic rings. The second kappa shape index (κ2) is 3.91. The van der Waals surface area contributed by atoms with Crippen LogP contribution in [0.25, 0.3) is 0 Å². The van der Waals surface area contributed by atoms with E-state index in [0.29, 0.717) is 11.5 Å². The van der Waals surface area contributed by atoms with Crippen LogP contribution in [0, 0.1) is 0 Å². The molecular weight excluding hydrogens is 202 g/mol. The molecule has 0 radical (unpaired) electrons. The topological polar surface area (TPSA) is 12.0 Å². The molecule has 0 spiro atoms. The predicted octanol–water partition coefficient (Wildman–Crippen LogP) is 3.51. The minimum absolute atomic E-state index is 0.306. The van der Waals surface area contributed by atoms with E-state index in [9.17, 15) is 0 Å². The van der Waals surface area contributed by atoms with Crippen LogP contribution in [0.5, 0.6) is 0 Å². The van der Waals surface area contributed by atoms with Gasteiger partial charge >= 0.3 is 0 Å². The molecule has 1 fully saturated rings. The van der Waals surface area contributed by atoms with Crippen molar-refractivity contribution in [3.05, 3.63) is 21.9 Å². The highest BCUT2D eigenvalue weighted by Crippen LogP contribution is 2.35. The van der Waals surface area contributed by atoms with Crippen molar-refractivity contribution in [2.75, 3.05) is 6.54 Å². The van der Waals surface area contributed by atoms with Crippen LogP contribution in [0.15, 0.2) is 12.1 Å². The number of hydrogen-bond donors (Lipinski definition) is 1. The van der Waals surface area contributed by atoms with Gasteiger partial charge < -0.3 is 5.32 Å². The molecule has 0 saturated carbocycles. The summed E-state index contributed by atoms with van der Waals surface area (Å²) < 4.78 is 0. The Balaban J connectivity index is 2.14. The Morgan fingerprint density at radius 2 is 2.07 bits per heavy atom. The molecule has 2 atom stereocenters. The van der Waals surface area contributed by atoms with Gasteiger partial charge in [-0.3, -0.25) is 0 Å². The van der Waals surface area contributed by atoms with Crippen LogP contribution in [0.3, 0.4) is 0 Å². The molecule has 0 aromatic carbocycles. The zero-order chi connectivity index (χ0) is 11.1. The Morgan fingerprint density at radius 3 is 2.53 bits per heavy atom. The Morgan fingerprint density at radius 1 is 1.33 bits per heavy atom. The lowest BCUT2D eigenvalue weighted by molar-refractivity contribution is 0.604. The van der Waals surface area contributed by atoms with Crippen molar-refractivity contribution in [2.24, 2.45) is 0 Å². The third-order valence-corrected chi connectivity index (χ3v) is 4.79. The summed E-state index contributed by atoms with van der Waals surface area (Å²) in [6.07, 6.45) is 1.30. The van der Waals surface area contributed by atoms with E-state index < -0.39 is 0 Å². The van der Waals surface area contributed by atoms with Gasteiger partial charge in [0.15, 0.2) is 0 Å². The van der Waals surface area contributed by atoms with E-state index in [1.54, 1.807) is 4.88 Å². The quantitative estimate of drug-likeness (QED) is 0.768. The average Bonchev–Trinajstić information content (AvgIpc) is 2.69. The second-order valence-electron chi connectivity index (χ2n) is 5.69. The Kier molecular flexibility index (Phi) is 2.91. The molecule has 0 bridgehead atoms. The van der Waals surface area contributed by atoms with Gasteiger partial charge in [0, 0.05) is 28.3 Å². The first kappa shape index (κ1) is 11.2. The summed E-state index contributed by atoms with van der Waals surface area (Å²) in [7, 11) is 0. The molecule has 15 heavy (non-hydrogen) atoms. The summed E-state index contributed by atoms with van der Waals surface area (Å²) in [5.74, 6) is 0.751. The smallest absolute Gasteiger partial charge is 0.0102 e. The SMILES string of the molecule is CC1CC(c2ccc(C(C)(C)C)s2)CN1. The molecule has 1 aliphatic heterocycles. The molecule has 1 aromatic rings. The minimum Gasteiger partial charge on any atom is -0.314 e. The maximum atomic E-state index is 3.52. The molecular formula is C13H21NS. The van der Waals surface area contributed by atoms with Crippen LogP contribution in [-0.4, -0.2) is 12.6 Å². The Labute approximate surface area is 96.9 Å². The van der Waals surface area contributed by atoms with Gasteiger partial charge in [-0.2, -0.15) is 0 Å². The largest absolute Gasteiger partial charge is 0.314 e. The van der Waals surface area contributed by atoms with Crippen molar-refractivity contribution in [1.82, 2.24) is 5.32 Å². The molecule has 1 N–H and O–H groups in total. The lowest BCUT2D eigenvalue weighted by Crippen LogP contribution is -2.16. The molecule has 2 unspecified atom stereocenters. The number of hydrogen-bond acceptors (Lipinski definition) is 2. The summed E-state index contributed by atoms with van der Waals surface area (Å²) in [6, 6.07) is 5.33. The van der Waals surface area contributed by atoms with Crippen LogP contribution in [0.2, 0.25) is 0 Å². The fraction of sp³-hybridized carbons (Fsp3) is 0.692. The van der Waals surface area contributed by atoms with Crippen LogP contribution in [-0.2, 0) is 5.41 Å². The van der Waals surface area contributed by atoms with E-state index in [4.69, 9.17) is 0 Å². The molecule has 84 valence electrons. The predicted molar refractivity (Wildman–Crippen MR) is 67.8 cm³/mol. The lowest BCUT2D eigenvalue weighted by atomic mass is 9.95. The standard InChI is InChI=1S/C13H21NS/c1-9-7-10(8-14-9)11-5-6-12(15-11)13(2,3)4/h5-6,9-10,14H,7-8H2,1-4H3. The summed E-state index contributed by atoms with van der Waals surface area (Å²) in [4.78, 5) is 3.08. The van der Waals surface area contributed by atoms with Crippen molar-refractivity contribution in [3.8, 4) is 0 Å². The molecule has 1 aromatic heterocycles. The summed E-state index contributed by atoms with van der Waals surface area (Å²) in [5.41, 5.74) is 0.306. The monoisotopic (exact) mass is 223 g/mol. The normalized spacial score (nSPS) is 27.2. The first-order valence-electron chi connectivity index (χ1n) is 5.80. The molecule has 2 heterocycles. The van der Waals surface area contributed by atoms with Crippen molar-refractivity contribution in [2.45, 2.75) is 51.5 Å². The zero-order valence-electron chi connectivity index (χ0n) is 10.1. The third kappa shape index (κ3) is 2.43. The highest BCUT2D eigenvalue weighted by molar-refractivity contribution is 7.12. The molecule has 1 nitrogen and oxygen atoms in total. The highest BCUT2D eigenvalue weighted by atomic mass is 32.1. The van der Waals surface area contributed by atoms with Crippen molar-refractivity contribution >= 4 is 11.3 Å². The van der Waals surface area contributed by atoms with E-state index in [2.05, 4.69) is 45.1 Å². The van der Waals surface area contributed by atoms with Crippen LogP contribution in [0.1, 0.15) is 49.8 Å². The number of rotatable bonds is 1. The van der Waals surface area contributed by atoms with E-state index in [1.165, 1.54) is 11.3 Å². The summed E-state index contributed by atoms with van der Waals surface area (Å²) >= 11 is 2.00. The number of thiophene rings is 1. The first-order chi connectivity index (χ1) is 6.97. The highest BCUT2D eigenvalue weighted by Gasteiger charge is 2.25. The van der Waals surface area contributed by atoms with Gasteiger partial charge in [0.25, 0.3) is 0 Å². The Hall–Kier alpha value is -0.340. The van der Waals surface area contributed by atoms with Crippen molar-refractivity contribution in [3.63, 3.8) is 0 Å². The fourth-order valence-corrected chi connectivity index (χ4v) is 3.31. The molecule has 1 saturated heterocycles. The minimum atomic E-state index is 0.306. The van der Waals surface area contributed by atoms with Gasteiger partial charge in [0.05, 0.1) is 0 Å². The third-order valence-electron chi connectivity index (χ3n) is 3.12. The summed E-state index contributed by atoms with van der Waals surface area (Å²) in [5, 5.41) is 3.52. The van der Waals surface area contributed by atoms with E-state index in [0.717, 1.165) is 12.5 Å². The van der Waals surface area contributed by atoms with Crippen molar-refractivity contribution in [1.29, 1.82) is 0 Å². The molecule has 2 rings (SSSR count). The maximum absolute atomic E-state index is 3.52. The van der Waals surface area contributed by atoms with E-state index in [-0.39, 0.29) is 0 Å². The van der Waals surface area contributed by atoms with Crippen LogP contribution >= 0.6 is 11.3 Å². The molecule has 0 aliphatic carbocycles. The van der Waals surface area contributed by atoms with Gasteiger partial charge in [0.1, 0.15) is 0 Å². The van der Waals surface area contributed by atoms with Gasteiger partial charge in [0.2, 0.25) is 0 Å². The zero-order valence-corrected chi connectivity index (χ0v) is 10.9. The molecule has 2 heteroatoms. The molecule has 0 amide bonds. The van der Waals surface area contributed by atoms with E-state index >= 15 is 0 Å². The maximum Gasteiger partial charge on any atom is 0.0102 e. The lowest BCUT2D eigenvalue weighted by Gasteiger charge is -2.15. The number of nitrogens with one attached hydrogen (secondary N) is 1. The van der Waals surface area contributed by atoms with E-state index in [1.807, 2.05) is 11.3 Å². The average molecular weight is 223 g/mol. The Bertz CT molecular complexity index is 335. The fourth-order valence-electron chi connectivity index (χ4n) is 2.13. The van der Waals surface area contributed by atoms with Gasteiger partial charge in [-0.15, -0.1) is 11.3 Å². The second-order valence-corrected chi connectivity index (χ2v) is 6.81. The van der Waals surface area contributed by atoms with Gasteiger partial charge in [-0.05, 0) is 30.9 Å². The van der Waals surface area contributed by atoms with Gasteiger partial charge in [-0.1, -0.05) is 20.8 Å². The first-order valence-corrected chi connectivity index (χ1v) is 6.62. The van der Waals surface area contributed by atoms with Crippen LogP contribution < -0.4 is 5.32 Å². The summed E-state index contributed by atoms with van der Waals surface area (Å²) in [6.45, 7) is 10.3.